The van der Waals surface area contributed by atoms with Crippen molar-refractivity contribution >= 4 is 22.6 Å². The van der Waals surface area contributed by atoms with Gasteiger partial charge in [-0.25, -0.2) is 0 Å². The summed E-state index contributed by atoms with van der Waals surface area (Å²) >= 11 is 0.824. The minimum Gasteiger partial charge on any atom is -0.389 e. The Morgan fingerprint density at radius 2 is 2.16 bits per heavy atom. The van der Waals surface area contributed by atoms with E-state index < -0.39 is 28.6 Å². The molecule has 1 aromatic rings. The second-order valence-corrected chi connectivity index (χ2v) is 4.98. The number of hydrogen-bond donors (Lipinski definition) is 2. The van der Waals surface area contributed by atoms with E-state index in [1.54, 1.807) is 0 Å². The summed E-state index contributed by atoms with van der Waals surface area (Å²) in [6.07, 6.45) is -2.68. The predicted molar refractivity (Wildman–Crippen MR) is 67.2 cm³/mol. The van der Waals surface area contributed by atoms with E-state index in [0.29, 0.717) is 0 Å². The Bertz CT molecular complexity index is 496. The van der Waals surface area contributed by atoms with Crippen LogP contribution in [0.1, 0.15) is 18.6 Å². The number of halogens is 1. The Morgan fingerprint density at radius 1 is 1.53 bits per heavy atom. The SMILES string of the molecule is CC(=O)SCC(O)C(O)c1ccc([N+](=O)[O-])c(F)c1. The van der Waals surface area contributed by atoms with Crippen LogP contribution in [0.5, 0.6) is 0 Å². The second-order valence-electron chi connectivity index (χ2n) is 3.78. The molecule has 0 saturated carbocycles. The number of benzene rings is 1. The zero-order chi connectivity index (χ0) is 14.6. The van der Waals surface area contributed by atoms with Crippen LogP contribution in [0.25, 0.3) is 0 Å². The summed E-state index contributed by atoms with van der Waals surface area (Å²) in [7, 11) is 0. The van der Waals surface area contributed by atoms with Crippen LogP contribution >= 0.6 is 11.8 Å². The van der Waals surface area contributed by atoms with Gasteiger partial charge in [0.2, 0.25) is 5.82 Å². The molecule has 1 aromatic carbocycles. The van der Waals surface area contributed by atoms with Crippen molar-refractivity contribution in [2.75, 3.05) is 5.75 Å². The first-order valence-corrected chi connectivity index (χ1v) is 6.24. The summed E-state index contributed by atoms with van der Waals surface area (Å²) in [5.74, 6) is -1.14. The highest BCUT2D eigenvalue weighted by atomic mass is 32.2. The molecular formula is C11H12FNO5S. The molecule has 2 unspecified atom stereocenters. The molecule has 0 spiro atoms. The molecule has 0 aliphatic heterocycles. The highest BCUT2D eigenvalue weighted by Gasteiger charge is 2.22. The van der Waals surface area contributed by atoms with Crippen molar-refractivity contribution in [3.8, 4) is 0 Å². The summed E-state index contributed by atoms with van der Waals surface area (Å²) < 4.78 is 13.3. The van der Waals surface area contributed by atoms with Gasteiger partial charge in [-0.15, -0.1) is 0 Å². The molecule has 0 aliphatic carbocycles. The van der Waals surface area contributed by atoms with Gasteiger partial charge < -0.3 is 10.2 Å². The van der Waals surface area contributed by atoms with E-state index in [1.807, 2.05) is 0 Å². The molecule has 0 fully saturated rings. The lowest BCUT2D eigenvalue weighted by atomic mass is 10.0. The minimum atomic E-state index is -1.41. The molecule has 6 nitrogen and oxygen atoms in total. The third-order valence-electron chi connectivity index (χ3n) is 2.33. The number of carbonyl (C=O) groups excluding carboxylic acids is 1. The monoisotopic (exact) mass is 289 g/mol. The normalized spacial score (nSPS) is 13.9. The standard InChI is InChI=1S/C11H12FNO5S/c1-6(14)19-5-10(15)11(16)7-2-3-9(13(17)18)8(12)4-7/h2-4,10-11,15-16H,5H2,1H3. The molecule has 0 aromatic heterocycles. The maximum Gasteiger partial charge on any atom is 0.304 e. The molecule has 0 radical (unpaired) electrons. The van der Waals surface area contributed by atoms with E-state index in [0.717, 1.165) is 30.0 Å². The maximum atomic E-state index is 13.3. The van der Waals surface area contributed by atoms with Crippen molar-refractivity contribution in [2.24, 2.45) is 0 Å². The molecule has 104 valence electrons. The van der Waals surface area contributed by atoms with E-state index in [4.69, 9.17) is 0 Å². The first kappa shape index (κ1) is 15.5. The van der Waals surface area contributed by atoms with Crippen LogP contribution in [0.3, 0.4) is 0 Å². The van der Waals surface area contributed by atoms with Crippen LogP contribution in [0.4, 0.5) is 10.1 Å². The van der Waals surface area contributed by atoms with Crippen LogP contribution in [-0.2, 0) is 4.79 Å². The van der Waals surface area contributed by atoms with Crippen molar-refractivity contribution < 1.29 is 24.3 Å². The van der Waals surface area contributed by atoms with Gasteiger partial charge in [-0.1, -0.05) is 11.8 Å². The third kappa shape index (κ3) is 4.27. The quantitative estimate of drug-likeness (QED) is 0.628. The summed E-state index contributed by atoms with van der Waals surface area (Å²) in [6, 6.07) is 2.87. The van der Waals surface area contributed by atoms with Gasteiger partial charge in [0.1, 0.15) is 6.10 Å². The van der Waals surface area contributed by atoms with Gasteiger partial charge in [0.05, 0.1) is 11.0 Å². The lowest BCUT2D eigenvalue weighted by Gasteiger charge is -2.17. The van der Waals surface area contributed by atoms with Gasteiger partial charge >= 0.3 is 5.69 Å². The van der Waals surface area contributed by atoms with Gasteiger partial charge in [-0.05, 0) is 17.7 Å². The Hall–Kier alpha value is -1.51. The number of nitrogens with zero attached hydrogens (tertiary/aromatic N) is 1. The number of carbonyl (C=O) groups is 1. The first-order chi connectivity index (χ1) is 8.82. The Kier molecular flexibility index (Phi) is 5.40. The van der Waals surface area contributed by atoms with Crippen molar-refractivity contribution in [2.45, 2.75) is 19.1 Å². The summed E-state index contributed by atoms with van der Waals surface area (Å²) in [4.78, 5) is 20.3. The summed E-state index contributed by atoms with van der Waals surface area (Å²) in [5.41, 5.74) is -0.691. The number of aliphatic hydroxyl groups excluding tert-OH is 2. The van der Waals surface area contributed by atoms with Crippen molar-refractivity contribution in [1.82, 2.24) is 0 Å². The Morgan fingerprint density at radius 3 is 2.63 bits per heavy atom. The average molecular weight is 289 g/mol. The van der Waals surface area contributed by atoms with E-state index in [1.165, 1.54) is 6.92 Å². The van der Waals surface area contributed by atoms with E-state index in [-0.39, 0.29) is 16.4 Å². The Labute approximate surface area is 112 Å². The molecule has 0 amide bonds. The number of rotatable bonds is 5. The van der Waals surface area contributed by atoms with Crippen molar-refractivity contribution in [3.63, 3.8) is 0 Å². The number of thioether (sulfide) groups is 1. The number of aliphatic hydroxyl groups is 2. The fourth-order valence-electron chi connectivity index (χ4n) is 1.37. The highest BCUT2D eigenvalue weighted by Crippen LogP contribution is 2.25. The molecule has 0 saturated heterocycles. The maximum absolute atomic E-state index is 13.3. The zero-order valence-electron chi connectivity index (χ0n) is 9.95. The topological polar surface area (TPSA) is 101 Å². The van der Waals surface area contributed by atoms with Gasteiger partial charge in [0, 0.05) is 18.7 Å². The summed E-state index contributed by atoms with van der Waals surface area (Å²) in [6.45, 7) is 1.31. The molecule has 2 atom stereocenters. The predicted octanol–water partition coefficient (Wildman–Crippen LogP) is 1.41. The molecule has 0 aliphatic rings. The fourth-order valence-corrected chi connectivity index (χ4v) is 1.96. The van der Waals surface area contributed by atoms with E-state index in [9.17, 15) is 29.5 Å². The lowest BCUT2D eigenvalue weighted by molar-refractivity contribution is -0.387. The molecule has 0 heterocycles. The minimum absolute atomic E-state index is 0.0137. The van der Waals surface area contributed by atoms with Crippen molar-refractivity contribution in [3.05, 3.63) is 39.7 Å². The summed E-state index contributed by atoms with van der Waals surface area (Å²) in [5, 5.41) is 29.6. The lowest BCUT2D eigenvalue weighted by Crippen LogP contribution is -2.21. The average Bonchev–Trinajstić information content (AvgIpc) is 2.34. The van der Waals surface area contributed by atoms with Gasteiger partial charge in [-0.3, -0.25) is 14.9 Å². The van der Waals surface area contributed by atoms with Crippen molar-refractivity contribution in [1.29, 1.82) is 0 Å². The molecule has 1 rings (SSSR count). The molecule has 2 N–H and O–H groups in total. The number of nitro benzene ring substituents is 1. The molecular weight excluding hydrogens is 277 g/mol. The second kappa shape index (κ2) is 6.60. The molecule has 19 heavy (non-hydrogen) atoms. The first-order valence-electron chi connectivity index (χ1n) is 5.26. The van der Waals surface area contributed by atoms with Crippen LogP contribution in [0, 0.1) is 15.9 Å². The largest absolute Gasteiger partial charge is 0.389 e. The van der Waals surface area contributed by atoms with Crippen LogP contribution in [-0.4, -0.2) is 32.1 Å². The Balaban J connectivity index is 2.82. The van der Waals surface area contributed by atoms with Gasteiger partial charge in [-0.2, -0.15) is 4.39 Å². The fraction of sp³-hybridized carbons (Fsp3) is 0.364. The van der Waals surface area contributed by atoms with E-state index in [2.05, 4.69) is 0 Å². The highest BCUT2D eigenvalue weighted by molar-refractivity contribution is 8.13. The third-order valence-corrected chi connectivity index (χ3v) is 3.25. The van der Waals surface area contributed by atoms with Crippen LogP contribution in [0.15, 0.2) is 18.2 Å². The number of nitro groups is 1. The van der Waals surface area contributed by atoms with E-state index >= 15 is 0 Å². The number of hydrogen-bond acceptors (Lipinski definition) is 6. The van der Waals surface area contributed by atoms with Crippen LogP contribution in [0.2, 0.25) is 0 Å². The smallest absolute Gasteiger partial charge is 0.304 e. The molecule has 8 heteroatoms. The zero-order valence-corrected chi connectivity index (χ0v) is 10.8. The molecule has 0 bridgehead atoms. The van der Waals surface area contributed by atoms with Gasteiger partial charge in [0.25, 0.3) is 0 Å². The van der Waals surface area contributed by atoms with Crippen LogP contribution < -0.4 is 0 Å². The van der Waals surface area contributed by atoms with Gasteiger partial charge in [0.15, 0.2) is 5.12 Å².